The molecule has 2 aromatic carbocycles. The summed E-state index contributed by atoms with van der Waals surface area (Å²) in [5.41, 5.74) is 3.95. The minimum atomic E-state index is -3.24. The van der Waals surface area contributed by atoms with Crippen LogP contribution in [0.5, 0.6) is 0 Å². The number of hydrogen-bond acceptors (Lipinski definition) is 7. The molecule has 0 atom stereocenters. The quantitative estimate of drug-likeness (QED) is 0.229. The molecule has 0 aliphatic carbocycles. The third kappa shape index (κ3) is 8.03. The summed E-state index contributed by atoms with van der Waals surface area (Å²) in [5.74, 6) is -0.362. The van der Waals surface area contributed by atoms with Crippen molar-refractivity contribution in [1.29, 1.82) is 0 Å². The molecule has 0 saturated heterocycles. The van der Waals surface area contributed by atoms with Crippen molar-refractivity contribution in [2.45, 2.75) is 64.7 Å². The summed E-state index contributed by atoms with van der Waals surface area (Å²) in [6, 6.07) is 13.6. The van der Waals surface area contributed by atoms with Crippen LogP contribution in [0, 0.1) is 0 Å². The molecular formula is C32H35BrN2O4S3. The van der Waals surface area contributed by atoms with Gasteiger partial charge >= 0.3 is 0 Å². The van der Waals surface area contributed by atoms with E-state index in [-0.39, 0.29) is 34.5 Å². The van der Waals surface area contributed by atoms with Crippen LogP contribution in [0.4, 0.5) is 0 Å². The van der Waals surface area contributed by atoms with Gasteiger partial charge < -0.3 is 0 Å². The third-order valence-corrected chi connectivity index (χ3v) is 10.3. The lowest BCUT2D eigenvalue weighted by Crippen LogP contribution is -2.32. The Morgan fingerprint density at radius 3 is 2.19 bits per heavy atom. The van der Waals surface area contributed by atoms with E-state index in [0.717, 1.165) is 15.6 Å². The predicted octanol–water partition coefficient (Wildman–Crippen LogP) is 5.81. The van der Waals surface area contributed by atoms with Crippen LogP contribution in [0.25, 0.3) is 12.2 Å². The highest BCUT2D eigenvalue weighted by Gasteiger charge is 2.17. The van der Waals surface area contributed by atoms with E-state index in [2.05, 4.69) is 74.6 Å². The van der Waals surface area contributed by atoms with Crippen LogP contribution in [0.1, 0.15) is 79.3 Å². The van der Waals surface area contributed by atoms with Crippen LogP contribution in [-0.2, 0) is 33.0 Å². The van der Waals surface area contributed by atoms with Gasteiger partial charge in [-0.3, -0.25) is 14.2 Å². The Morgan fingerprint density at radius 1 is 1.00 bits per heavy atom. The molecule has 0 fully saturated rings. The monoisotopic (exact) mass is 686 g/mol. The van der Waals surface area contributed by atoms with Crippen LogP contribution >= 0.6 is 38.6 Å². The third-order valence-electron chi connectivity index (χ3n) is 6.68. The largest absolute Gasteiger partial charge is 0.293 e. The van der Waals surface area contributed by atoms with E-state index in [1.807, 2.05) is 36.4 Å². The molecule has 0 saturated carbocycles. The molecule has 2 heterocycles. The van der Waals surface area contributed by atoms with Gasteiger partial charge in [-0.2, -0.15) is 0 Å². The van der Waals surface area contributed by atoms with Gasteiger partial charge in [0.05, 0.1) is 16.8 Å². The summed E-state index contributed by atoms with van der Waals surface area (Å²) in [5, 5.41) is 2.22. The smallest absolute Gasteiger partial charge is 0.269 e. The molecule has 6 nitrogen and oxygen atoms in total. The van der Waals surface area contributed by atoms with Gasteiger partial charge in [-0.05, 0) is 39.7 Å². The lowest BCUT2D eigenvalue weighted by atomic mass is 9.86. The number of ketones is 1. The predicted molar refractivity (Wildman–Crippen MR) is 178 cm³/mol. The molecule has 42 heavy (non-hydrogen) atoms. The summed E-state index contributed by atoms with van der Waals surface area (Å²) in [4.78, 5) is 31.5. The maximum Gasteiger partial charge on any atom is 0.269 e. The molecular weight excluding hydrogens is 652 g/mol. The van der Waals surface area contributed by atoms with Crippen LogP contribution in [0.2, 0.25) is 0 Å². The van der Waals surface area contributed by atoms with E-state index in [4.69, 9.17) is 0 Å². The van der Waals surface area contributed by atoms with E-state index in [1.165, 1.54) is 45.1 Å². The van der Waals surface area contributed by atoms with Crippen LogP contribution in [0.15, 0.2) is 57.1 Å². The summed E-state index contributed by atoms with van der Waals surface area (Å²) in [7, 11) is -3.24. The van der Waals surface area contributed by atoms with Crippen molar-refractivity contribution in [2.75, 3.05) is 6.26 Å². The summed E-state index contributed by atoms with van der Waals surface area (Å²) in [6.45, 7) is 12.9. The zero-order valence-corrected chi connectivity index (χ0v) is 28.9. The summed E-state index contributed by atoms with van der Waals surface area (Å²) < 4.78 is 26.9. The van der Waals surface area contributed by atoms with E-state index >= 15 is 0 Å². The van der Waals surface area contributed by atoms with E-state index in [0.29, 0.717) is 25.5 Å². The number of hydrogen-bond donors (Lipinski definition) is 0. The van der Waals surface area contributed by atoms with Crippen LogP contribution in [-0.4, -0.2) is 30.0 Å². The van der Waals surface area contributed by atoms with Crippen LogP contribution < -0.4 is 14.8 Å². The Hall–Kier alpha value is -2.66. The van der Waals surface area contributed by atoms with Crippen molar-refractivity contribution in [3.63, 3.8) is 0 Å². The normalized spacial score (nSPS) is 13.6. The Bertz CT molecular complexity index is 1920. The maximum atomic E-state index is 13.7. The molecule has 0 radical (unpaired) electrons. The molecule has 0 aliphatic rings. The number of carbonyl (C=O) groups excluding carboxylic acids is 1. The zero-order chi connectivity index (χ0) is 31.0. The van der Waals surface area contributed by atoms with Crippen molar-refractivity contribution < 1.29 is 13.2 Å². The Kier molecular flexibility index (Phi) is 9.33. The molecule has 2 aromatic heterocycles. The van der Waals surface area contributed by atoms with Crippen LogP contribution in [0.3, 0.4) is 0 Å². The Labute approximate surface area is 263 Å². The fourth-order valence-electron chi connectivity index (χ4n) is 4.25. The molecule has 0 bridgehead atoms. The highest BCUT2D eigenvalue weighted by Crippen LogP contribution is 2.28. The fraction of sp³-hybridized carbons (Fsp3) is 0.344. The van der Waals surface area contributed by atoms with Crippen molar-refractivity contribution in [3.8, 4) is 0 Å². The number of thiazole rings is 2. The highest BCUT2D eigenvalue weighted by molar-refractivity contribution is 9.10. The molecule has 0 N–H and O–H groups in total. The highest BCUT2D eigenvalue weighted by atomic mass is 79.9. The van der Waals surface area contributed by atoms with E-state index < -0.39 is 9.84 Å². The first-order valence-electron chi connectivity index (χ1n) is 13.4. The maximum absolute atomic E-state index is 13.7. The standard InChI is InChI=1S/C32H35BrN2O4S3/c1-31(2,3)22-11-8-20(9-12-22)26(36)16-29-35(17-24-18-40-28(34-24)19-42(7,38)39)30(37)27(41-29)14-21-10-13-23(15-25(21)33)32(4,5)6/h8-16,18H,17,19H2,1-7H3/b27-14-,29-16-. The van der Waals surface area contributed by atoms with E-state index in [1.54, 1.807) is 5.38 Å². The molecule has 0 spiro atoms. The molecule has 4 aromatic rings. The molecule has 222 valence electrons. The lowest BCUT2D eigenvalue weighted by Gasteiger charge is -2.19. The Balaban J connectivity index is 1.81. The Morgan fingerprint density at radius 2 is 1.62 bits per heavy atom. The van der Waals surface area contributed by atoms with Crippen molar-refractivity contribution in [3.05, 3.63) is 105 Å². The average Bonchev–Trinajstić information content (AvgIpc) is 3.42. The second-order valence-electron chi connectivity index (χ2n) is 12.5. The summed E-state index contributed by atoms with van der Waals surface area (Å²) in [6.07, 6.45) is 4.49. The first-order valence-corrected chi connectivity index (χ1v) is 17.9. The van der Waals surface area contributed by atoms with Gasteiger partial charge in [0.25, 0.3) is 5.56 Å². The minimum absolute atomic E-state index is 0.0201. The molecule has 0 unspecified atom stereocenters. The van der Waals surface area contributed by atoms with Gasteiger partial charge in [0.2, 0.25) is 0 Å². The number of carbonyl (C=O) groups is 1. The first kappa shape index (κ1) is 32.3. The van der Waals surface area contributed by atoms with Gasteiger partial charge in [0, 0.05) is 27.7 Å². The van der Waals surface area contributed by atoms with Gasteiger partial charge in [-0.1, -0.05) is 93.9 Å². The van der Waals surface area contributed by atoms with E-state index in [9.17, 15) is 18.0 Å². The second-order valence-corrected chi connectivity index (χ2v) is 17.5. The van der Waals surface area contributed by atoms with Gasteiger partial charge in [-0.25, -0.2) is 13.4 Å². The average molecular weight is 688 g/mol. The van der Waals surface area contributed by atoms with Crippen molar-refractivity contribution >= 4 is 66.4 Å². The fourth-order valence-corrected chi connectivity index (χ4v) is 7.77. The molecule has 10 heteroatoms. The topological polar surface area (TPSA) is 86.1 Å². The number of halogens is 1. The second kappa shape index (κ2) is 12.1. The minimum Gasteiger partial charge on any atom is -0.293 e. The van der Waals surface area contributed by atoms with Gasteiger partial charge in [0.15, 0.2) is 15.6 Å². The number of benzene rings is 2. The number of aromatic nitrogens is 2. The number of rotatable bonds is 7. The molecule has 0 aliphatic heterocycles. The first-order chi connectivity index (χ1) is 19.4. The molecule has 4 rings (SSSR count). The number of nitrogens with zero attached hydrogens (tertiary/aromatic N) is 2. The molecule has 0 amide bonds. The van der Waals surface area contributed by atoms with Gasteiger partial charge in [-0.15, -0.1) is 22.7 Å². The van der Waals surface area contributed by atoms with Crippen molar-refractivity contribution in [2.24, 2.45) is 0 Å². The van der Waals surface area contributed by atoms with Crippen molar-refractivity contribution in [1.82, 2.24) is 9.55 Å². The zero-order valence-electron chi connectivity index (χ0n) is 24.8. The van der Waals surface area contributed by atoms with Gasteiger partial charge in [0.1, 0.15) is 15.4 Å². The lowest BCUT2D eigenvalue weighted by molar-refractivity contribution is 0.106. The summed E-state index contributed by atoms with van der Waals surface area (Å²) >= 11 is 6.15. The SMILES string of the molecule is CC(C)(C)c1ccc(C(=O)/C=c2\s/c(=C\c3ccc(C(C)(C)C)cc3Br)c(=O)n2Cc2csc(CS(C)(=O)=O)n2)cc1. The number of sulfone groups is 1. The number of Topliss-reactive ketones (excluding diaryl/α,β-unsaturated/α-hetero) is 1.